The molecule has 5 nitrogen and oxygen atoms in total. The molecular formula is C20H24N4OS2. The van der Waals surface area contributed by atoms with Crippen LogP contribution in [0.1, 0.15) is 30.5 Å². The molecule has 0 unspecified atom stereocenters. The molecule has 0 fully saturated rings. The van der Waals surface area contributed by atoms with Gasteiger partial charge in [-0.25, -0.2) is 0 Å². The standard InChI is InChI=1S/C20H24N4OS2/c1-6-24-18(16-8-7-9-26-16)22-23-20(24)27-15(5)19(25)21-17-13(3)10-12(2)11-14(17)4/h7-11,15H,6H2,1-5H3,(H,21,25)/t15-/m0/s1. The number of nitrogens with zero attached hydrogens (tertiary/aromatic N) is 3. The average molecular weight is 401 g/mol. The average Bonchev–Trinajstić information content (AvgIpc) is 3.26. The number of rotatable bonds is 6. The van der Waals surface area contributed by atoms with Gasteiger partial charge < -0.3 is 9.88 Å². The largest absolute Gasteiger partial charge is 0.325 e. The first kappa shape index (κ1) is 19.6. The van der Waals surface area contributed by atoms with E-state index < -0.39 is 0 Å². The molecule has 0 saturated carbocycles. The van der Waals surface area contributed by atoms with Crippen LogP contribution in [0.25, 0.3) is 10.7 Å². The molecule has 3 aromatic rings. The SMILES string of the molecule is CCn1c(S[C@@H](C)C(=O)Nc2c(C)cc(C)cc2C)nnc1-c1cccs1. The molecule has 1 amide bonds. The lowest BCUT2D eigenvalue weighted by Crippen LogP contribution is -2.24. The highest BCUT2D eigenvalue weighted by Crippen LogP contribution is 2.30. The number of hydrogen-bond donors (Lipinski definition) is 1. The van der Waals surface area contributed by atoms with E-state index in [0.29, 0.717) is 0 Å². The number of thioether (sulfide) groups is 1. The van der Waals surface area contributed by atoms with Gasteiger partial charge in [-0.05, 0) is 57.2 Å². The summed E-state index contributed by atoms with van der Waals surface area (Å²) in [7, 11) is 0. The van der Waals surface area contributed by atoms with Gasteiger partial charge in [0.05, 0.1) is 10.1 Å². The van der Waals surface area contributed by atoms with Gasteiger partial charge in [-0.2, -0.15) is 0 Å². The third-order valence-corrected chi connectivity index (χ3v) is 6.30. The first-order valence-corrected chi connectivity index (χ1v) is 10.7. The second-order valence-electron chi connectivity index (χ2n) is 6.55. The van der Waals surface area contributed by atoms with Gasteiger partial charge in [0.1, 0.15) is 0 Å². The molecule has 1 aromatic carbocycles. The highest BCUT2D eigenvalue weighted by Gasteiger charge is 2.21. The molecule has 7 heteroatoms. The number of aryl methyl sites for hydroxylation is 3. The Balaban J connectivity index is 1.76. The Morgan fingerprint density at radius 1 is 1.26 bits per heavy atom. The fourth-order valence-corrected chi connectivity index (χ4v) is 4.69. The summed E-state index contributed by atoms with van der Waals surface area (Å²) in [6.45, 7) is 10.8. The van der Waals surface area contributed by atoms with Crippen LogP contribution < -0.4 is 5.32 Å². The van der Waals surface area contributed by atoms with E-state index >= 15 is 0 Å². The van der Waals surface area contributed by atoms with E-state index in [1.807, 2.05) is 38.3 Å². The summed E-state index contributed by atoms with van der Waals surface area (Å²) < 4.78 is 2.06. The second-order valence-corrected chi connectivity index (χ2v) is 8.81. The van der Waals surface area contributed by atoms with Crippen molar-refractivity contribution >= 4 is 34.7 Å². The number of thiophene rings is 1. The van der Waals surface area contributed by atoms with Gasteiger partial charge in [-0.1, -0.05) is 35.5 Å². The molecule has 0 aliphatic heterocycles. The molecular weight excluding hydrogens is 376 g/mol. The van der Waals surface area contributed by atoms with Gasteiger partial charge in [0.25, 0.3) is 0 Å². The Hall–Kier alpha value is -2.12. The van der Waals surface area contributed by atoms with Crippen LogP contribution in [0.2, 0.25) is 0 Å². The Labute approximate surface area is 168 Å². The van der Waals surface area contributed by atoms with Crippen molar-refractivity contribution < 1.29 is 4.79 Å². The summed E-state index contributed by atoms with van der Waals surface area (Å²) in [6, 6.07) is 8.21. The van der Waals surface area contributed by atoms with Crippen molar-refractivity contribution in [1.82, 2.24) is 14.8 Å². The lowest BCUT2D eigenvalue weighted by Gasteiger charge is -2.16. The van der Waals surface area contributed by atoms with E-state index in [1.165, 1.54) is 17.3 Å². The lowest BCUT2D eigenvalue weighted by molar-refractivity contribution is -0.115. The van der Waals surface area contributed by atoms with Crippen LogP contribution in [0.4, 0.5) is 5.69 Å². The van der Waals surface area contributed by atoms with Gasteiger partial charge >= 0.3 is 0 Å². The van der Waals surface area contributed by atoms with Crippen LogP contribution in [-0.4, -0.2) is 25.9 Å². The second kappa shape index (κ2) is 8.27. The van der Waals surface area contributed by atoms with Gasteiger partial charge in [-0.15, -0.1) is 21.5 Å². The minimum Gasteiger partial charge on any atom is -0.325 e. The molecule has 2 heterocycles. The molecule has 1 atom stereocenters. The summed E-state index contributed by atoms with van der Waals surface area (Å²) in [5, 5.41) is 14.2. The summed E-state index contributed by atoms with van der Waals surface area (Å²) in [4.78, 5) is 13.8. The molecule has 0 spiro atoms. The first-order chi connectivity index (χ1) is 12.9. The normalized spacial score (nSPS) is 12.2. The Morgan fingerprint density at radius 3 is 2.56 bits per heavy atom. The molecule has 0 aliphatic carbocycles. The summed E-state index contributed by atoms with van der Waals surface area (Å²) in [6.07, 6.45) is 0. The number of nitrogens with one attached hydrogen (secondary N) is 1. The van der Waals surface area contributed by atoms with Gasteiger partial charge in [-0.3, -0.25) is 4.79 Å². The molecule has 1 N–H and O–H groups in total. The zero-order chi connectivity index (χ0) is 19.6. The molecule has 0 radical (unpaired) electrons. The maximum absolute atomic E-state index is 12.8. The molecule has 0 bridgehead atoms. The van der Waals surface area contributed by atoms with Gasteiger partial charge in [0, 0.05) is 12.2 Å². The number of aromatic nitrogens is 3. The Morgan fingerprint density at radius 2 is 1.96 bits per heavy atom. The Kier molecular flexibility index (Phi) is 6.01. The number of amides is 1. The summed E-state index contributed by atoms with van der Waals surface area (Å²) >= 11 is 3.08. The van der Waals surface area contributed by atoms with E-state index in [0.717, 1.165) is 39.2 Å². The van der Waals surface area contributed by atoms with E-state index in [9.17, 15) is 4.79 Å². The maximum Gasteiger partial charge on any atom is 0.237 e. The highest BCUT2D eigenvalue weighted by molar-refractivity contribution is 8.00. The topological polar surface area (TPSA) is 59.8 Å². The lowest BCUT2D eigenvalue weighted by atomic mass is 10.1. The highest BCUT2D eigenvalue weighted by atomic mass is 32.2. The minimum atomic E-state index is -0.282. The smallest absolute Gasteiger partial charge is 0.237 e. The van der Waals surface area contributed by atoms with Crippen LogP contribution in [0.5, 0.6) is 0 Å². The monoisotopic (exact) mass is 400 g/mol. The maximum atomic E-state index is 12.8. The number of benzene rings is 1. The van der Waals surface area contributed by atoms with E-state index in [4.69, 9.17) is 0 Å². The van der Waals surface area contributed by atoms with E-state index in [-0.39, 0.29) is 11.2 Å². The van der Waals surface area contributed by atoms with Crippen LogP contribution in [0, 0.1) is 20.8 Å². The van der Waals surface area contributed by atoms with Crippen molar-refractivity contribution in [2.75, 3.05) is 5.32 Å². The molecule has 27 heavy (non-hydrogen) atoms. The van der Waals surface area contributed by atoms with E-state index in [1.54, 1.807) is 11.3 Å². The van der Waals surface area contributed by atoms with Gasteiger partial charge in [0.2, 0.25) is 5.91 Å². The predicted molar refractivity (Wildman–Crippen MR) is 114 cm³/mol. The first-order valence-electron chi connectivity index (χ1n) is 8.93. The van der Waals surface area contributed by atoms with Crippen LogP contribution in [0.15, 0.2) is 34.8 Å². The molecule has 2 aromatic heterocycles. The fraction of sp³-hybridized carbons (Fsp3) is 0.350. The van der Waals surface area contributed by atoms with Crippen molar-refractivity contribution in [3.8, 4) is 10.7 Å². The molecule has 142 valence electrons. The van der Waals surface area contributed by atoms with Crippen molar-refractivity contribution in [3.05, 3.63) is 46.3 Å². The Bertz CT molecular complexity index is 924. The van der Waals surface area contributed by atoms with Crippen LogP contribution >= 0.6 is 23.1 Å². The minimum absolute atomic E-state index is 0.0293. The number of hydrogen-bond acceptors (Lipinski definition) is 5. The summed E-state index contributed by atoms with van der Waals surface area (Å²) in [5.41, 5.74) is 4.25. The third-order valence-electron chi connectivity index (χ3n) is 4.35. The molecule has 0 aliphatic rings. The summed E-state index contributed by atoms with van der Waals surface area (Å²) in [5.74, 6) is 0.825. The van der Waals surface area contributed by atoms with Crippen molar-refractivity contribution in [3.63, 3.8) is 0 Å². The van der Waals surface area contributed by atoms with Crippen LogP contribution in [-0.2, 0) is 11.3 Å². The van der Waals surface area contributed by atoms with Crippen molar-refractivity contribution in [2.45, 2.75) is 51.6 Å². The van der Waals surface area contributed by atoms with E-state index in [2.05, 4.69) is 46.1 Å². The third kappa shape index (κ3) is 4.25. The fourth-order valence-electron chi connectivity index (χ4n) is 3.06. The number of anilines is 1. The number of carbonyl (C=O) groups is 1. The molecule has 3 rings (SSSR count). The number of carbonyl (C=O) groups excluding carboxylic acids is 1. The van der Waals surface area contributed by atoms with Gasteiger partial charge in [0.15, 0.2) is 11.0 Å². The predicted octanol–water partition coefficient (Wildman–Crippen LogP) is 5.07. The molecule has 0 saturated heterocycles. The van der Waals surface area contributed by atoms with Crippen LogP contribution in [0.3, 0.4) is 0 Å². The van der Waals surface area contributed by atoms with Crippen molar-refractivity contribution in [2.24, 2.45) is 0 Å². The zero-order valence-electron chi connectivity index (χ0n) is 16.2. The zero-order valence-corrected chi connectivity index (χ0v) is 17.9. The quantitative estimate of drug-likeness (QED) is 0.587. The van der Waals surface area contributed by atoms with Crippen molar-refractivity contribution in [1.29, 1.82) is 0 Å².